The second-order valence-corrected chi connectivity index (χ2v) is 6.93. The minimum Gasteiger partial charge on any atom is -0.355 e. The zero-order chi connectivity index (χ0) is 16.8. The summed E-state index contributed by atoms with van der Waals surface area (Å²) in [6.45, 7) is 7.58. The highest BCUT2D eigenvalue weighted by atomic mass is 35.5. The Labute approximate surface area is 145 Å². The third-order valence-corrected chi connectivity index (χ3v) is 4.36. The van der Waals surface area contributed by atoms with Gasteiger partial charge in [0.15, 0.2) is 11.0 Å². The molecule has 124 valence electrons. The fourth-order valence-electron chi connectivity index (χ4n) is 2.02. The number of nitrogens with one attached hydrogen (secondary N) is 1. The van der Waals surface area contributed by atoms with Crippen LogP contribution in [0.2, 0.25) is 5.02 Å². The van der Waals surface area contributed by atoms with E-state index in [-0.39, 0.29) is 5.91 Å². The number of nitrogens with zero attached hydrogens (tertiary/aromatic N) is 3. The molecule has 1 aromatic heterocycles. The van der Waals surface area contributed by atoms with Crippen molar-refractivity contribution in [2.24, 2.45) is 5.92 Å². The van der Waals surface area contributed by atoms with Crippen LogP contribution in [0.15, 0.2) is 29.4 Å². The van der Waals surface area contributed by atoms with Crippen LogP contribution in [0.3, 0.4) is 0 Å². The van der Waals surface area contributed by atoms with E-state index in [1.54, 1.807) is 0 Å². The summed E-state index contributed by atoms with van der Waals surface area (Å²) < 4.78 is 1.99. The molecule has 0 radical (unpaired) electrons. The second kappa shape index (κ2) is 8.36. The Kier molecular flexibility index (Phi) is 6.47. The van der Waals surface area contributed by atoms with Gasteiger partial charge in [-0.3, -0.25) is 4.79 Å². The predicted octanol–water partition coefficient (Wildman–Crippen LogP) is 3.48. The minimum atomic E-state index is 0.0126. The van der Waals surface area contributed by atoms with Gasteiger partial charge in [-0.1, -0.05) is 49.3 Å². The van der Waals surface area contributed by atoms with Gasteiger partial charge in [-0.15, -0.1) is 10.2 Å². The second-order valence-electron chi connectivity index (χ2n) is 5.55. The van der Waals surface area contributed by atoms with Crippen LogP contribution in [0.25, 0.3) is 11.4 Å². The van der Waals surface area contributed by atoms with E-state index in [0.717, 1.165) is 23.1 Å². The molecule has 0 saturated carbocycles. The highest BCUT2D eigenvalue weighted by Gasteiger charge is 2.14. The fraction of sp³-hybridized carbons (Fsp3) is 0.438. The summed E-state index contributed by atoms with van der Waals surface area (Å²) in [4.78, 5) is 11.8. The smallest absolute Gasteiger partial charge is 0.230 e. The van der Waals surface area contributed by atoms with Crippen molar-refractivity contribution in [3.63, 3.8) is 0 Å². The average molecular weight is 353 g/mol. The van der Waals surface area contributed by atoms with Crippen LogP contribution in [0.4, 0.5) is 0 Å². The Morgan fingerprint density at radius 3 is 2.83 bits per heavy atom. The summed E-state index contributed by atoms with van der Waals surface area (Å²) in [6, 6.07) is 7.53. The van der Waals surface area contributed by atoms with Gasteiger partial charge < -0.3 is 9.88 Å². The summed E-state index contributed by atoms with van der Waals surface area (Å²) in [5, 5.41) is 12.8. The number of aromatic nitrogens is 3. The molecule has 0 atom stereocenters. The Hall–Kier alpha value is -1.53. The first-order chi connectivity index (χ1) is 11.0. The van der Waals surface area contributed by atoms with Crippen molar-refractivity contribution in [3.8, 4) is 11.4 Å². The van der Waals surface area contributed by atoms with Gasteiger partial charge in [-0.05, 0) is 25.0 Å². The van der Waals surface area contributed by atoms with Crippen molar-refractivity contribution < 1.29 is 4.79 Å². The first-order valence-electron chi connectivity index (χ1n) is 7.60. The van der Waals surface area contributed by atoms with Crippen LogP contribution in [0, 0.1) is 5.92 Å². The zero-order valence-electron chi connectivity index (χ0n) is 13.5. The average Bonchev–Trinajstić information content (AvgIpc) is 2.93. The van der Waals surface area contributed by atoms with Gasteiger partial charge in [-0.2, -0.15) is 0 Å². The van der Waals surface area contributed by atoms with Gasteiger partial charge in [0, 0.05) is 23.7 Å². The lowest BCUT2D eigenvalue weighted by Crippen LogP contribution is -2.28. The molecule has 7 heteroatoms. The lowest BCUT2D eigenvalue weighted by Gasteiger charge is -2.09. The predicted molar refractivity (Wildman–Crippen MR) is 94.7 cm³/mol. The largest absolute Gasteiger partial charge is 0.355 e. The molecule has 0 bridgehead atoms. The molecule has 2 aromatic rings. The van der Waals surface area contributed by atoms with E-state index in [0.29, 0.717) is 23.2 Å². The Morgan fingerprint density at radius 1 is 1.39 bits per heavy atom. The molecule has 1 amide bonds. The van der Waals surface area contributed by atoms with Gasteiger partial charge in [0.25, 0.3) is 0 Å². The Balaban J connectivity index is 2.08. The SMILES string of the molecule is CCn1c(SCC(=O)NCC(C)C)nnc1-c1cccc(Cl)c1. The van der Waals surface area contributed by atoms with E-state index in [1.807, 2.05) is 35.8 Å². The molecular weight excluding hydrogens is 332 g/mol. The molecule has 23 heavy (non-hydrogen) atoms. The van der Waals surface area contributed by atoms with Gasteiger partial charge >= 0.3 is 0 Å². The minimum absolute atomic E-state index is 0.0126. The van der Waals surface area contributed by atoms with Crippen molar-refractivity contribution in [2.75, 3.05) is 12.3 Å². The molecule has 0 aliphatic rings. The molecular formula is C16H21ClN4OS. The first kappa shape index (κ1) is 17.8. The summed E-state index contributed by atoms with van der Waals surface area (Å²) >= 11 is 7.44. The quantitative estimate of drug-likeness (QED) is 0.775. The number of hydrogen-bond acceptors (Lipinski definition) is 4. The molecule has 1 N–H and O–H groups in total. The molecule has 5 nitrogen and oxygen atoms in total. The van der Waals surface area contributed by atoms with E-state index < -0.39 is 0 Å². The van der Waals surface area contributed by atoms with E-state index in [2.05, 4.69) is 29.4 Å². The Bertz CT molecular complexity index is 672. The van der Waals surface area contributed by atoms with Crippen LogP contribution in [-0.2, 0) is 11.3 Å². The number of rotatable bonds is 7. The van der Waals surface area contributed by atoms with E-state index >= 15 is 0 Å². The van der Waals surface area contributed by atoms with Crippen molar-refractivity contribution >= 4 is 29.3 Å². The Morgan fingerprint density at radius 2 is 2.17 bits per heavy atom. The van der Waals surface area contributed by atoms with Gasteiger partial charge in [0.05, 0.1) is 5.75 Å². The molecule has 0 aliphatic heterocycles. The van der Waals surface area contributed by atoms with E-state index in [4.69, 9.17) is 11.6 Å². The molecule has 1 aromatic carbocycles. The normalized spacial score (nSPS) is 11.0. The monoisotopic (exact) mass is 352 g/mol. The lowest BCUT2D eigenvalue weighted by atomic mass is 10.2. The third kappa shape index (κ3) is 4.97. The highest BCUT2D eigenvalue weighted by molar-refractivity contribution is 7.99. The number of amides is 1. The standard InChI is InChI=1S/C16H21ClN4OS/c1-4-21-15(12-6-5-7-13(17)8-12)19-20-16(21)23-10-14(22)18-9-11(2)3/h5-8,11H,4,9-10H2,1-3H3,(H,18,22). The van der Waals surface area contributed by atoms with Crippen molar-refractivity contribution in [1.82, 2.24) is 20.1 Å². The number of thioether (sulfide) groups is 1. The van der Waals surface area contributed by atoms with Gasteiger partial charge in [0.1, 0.15) is 0 Å². The summed E-state index contributed by atoms with van der Waals surface area (Å²) in [5.74, 6) is 1.55. The van der Waals surface area contributed by atoms with Crippen LogP contribution in [0.5, 0.6) is 0 Å². The highest BCUT2D eigenvalue weighted by Crippen LogP contribution is 2.25. The lowest BCUT2D eigenvalue weighted by molar-refractivity contribution is -0.118. The maximum atomic E-state index is 11.8. The maximum Gasteiger partial charge on any atom is 0.230 e. The van der Waals surface area contributed by atoms with Crippen LogP contribution in [0.1, 0.15) is 20.8 Å². The number of benzene rings is 1. The molecule has 0 aliphatic carbocycles. The van der Waals surface area contributed by atoms with E-state index in [9.17, 15) is 4.79 Å². The first-order valence-corrected chi connectivity index (χ1v) is 8.96. The topological polar surface area (TPSA) is 59.8 Å². The number of halogens is 1. The summed E-state index contributed by atoms with van der Waals surface area (Å²) in [6.07, 6.45) is 0. The van der Waals surface area contributed by atoms with Gasteiger partial charge in [0.2, 0.25) is 5.91 Å². The van der Waals surface area contributed by atoms with Crippen molar-refractivity contribution in [3.05, 3.63) is 29.3 Å². The number of carbonyl (C=O) groups is 1. The van der Waals surface area contributed by atoms with Crippen molar-refractivity contribution in [2.45, 2.75) is 32.5 Å². The number of carbonyl (C=O) groups excluding carboxylic acids is 1. The van der Waals surface area contributed by atoms with Gasteiger partial charge in [-0.25, -0.2) is 0 Å². The molecule has 0 fully saturated rings. The number of hydrogen-bond donors (Lipinski definition) is 1. The van der Waals surface area contributed by atoms with Crippen LogP contribution in [-0.4, -0.2) is 33.0 Å². The van der Waals surface area contributed by atoms with E-state index in [1.165, 1.54) is 11.8 Å². The van der Waals surface area contributed by atoms with Crippen LogP contribution >= 0.6 is 23.4 Å². The summed E-state index contributed by atoms with van der Waals surface area (Å²) in [5.41, 5.74) is 0.919. The molecule has 0 spiro atoms. The fourth-order valence-corrected chi connectivity index (χ4v) is 3.04. The molecule has 0 unspecified atom stereocenters. The zero-order valence-corrected chi connectivity index (χ0v) is 15.1. The summed E-state index contributed by atoms with van der Waals surface area (Å²) in [7, 11) is 0. The maximum absolute atomic E-state index is 11.8. The van der Waals surface area contributed by atoms with Crippen LogP contribution < -0.4 is 5.32 Å². The molecule has 1 heterocycles. The van der Waals surface area contributed by atoms with Crippen molar-refractivity contribution in [1.29, 1.82) is 0 Å². The molecule has 2 rings (SSSR count). The third-order valence-electron chi connectivity index (χ3n) is 3.16. The molecule has 0 saturated heterocycles.